The summed E-state index contributed by atoms with van der Waals surface area (Å²) in [6.07, 6.45) is -2.39. The highest BCUT2D eigenvalue weighted by molar-refractivity contribution is 5.40. The van der Waals surface area contributed by atoms with E-state index in [2.05, 4.69) is 11.8 Å². The highest BCUT2D eigenvalue weighted by Gasteiger charge is 2.44. The average molecular weight is 519 g/mol. The van der Waals surface area contributed by atoms with Gasteiger partial charge < -0.3 is 4.84 Å². The number of para-hydroxylation sites is 1. The zero-order chi connectivity index (χ0) is 26.6. The van der Waals surface area contributed by atoms with Crippen molar-refractivity contribution in [3.63, 3.8) is 0 Å². The van der Waals surface area contributed by atoms with E-state index in [4.69, 9.17) is 4.84 Å². The van der Waals surface area contributed by atoms with Crippen LogP contribution in [0, 0.1) is 11.6 Å². The molecule has 0 aromatic heterocycles. The fourth-order valence-electron chi connectivity index (χ4n) is 5.34. The van der Waals surface area contributed by atoms with Crippen LogP contribution in [0.25, 0.3) is 0 Å². The maximum absolute atomic E-state index is 13.9. The molecule has 0 radical (unpaired) electrons. The number of rotatable bonds is 8. The predicted octanol–water partition coefficient (Wildman–Crippen LogP) is 7.42. The third kappa shape index (κ3) is 5.65. The first-order valence-electron chi connectivity index (χ1n) is 12.6. The van der Waals surface area contributed by atoms with Gasteiger partial charge in [0.1, 0.15) is 17.2 Å². The van der Waals surface area contributed by atoms with Crippen molar-refractivity contribution in [1.29, 1.82) is 0 Å². The van der Waals surface area contributed by atoms with Gasteiger partial charge in [0.05, 0.1) is 11.6 Å². The molecule has 1 aliphatic rings. The van der Waals surface area contributed by atoms with Crippen molar-refractivity contribution in [3.8, 4) is 5.75 Å². The van der Waals surface area contributed by atoms with E-state index in [1.165, 1.54) is 42.5 Å². The first-order valence-corrected chi connectivity index (χ1v) is 12.6. The summed E-state index contributed by atoms with van der Waals surface area (Å²) in [4.78, 5) is 8.15. The molecule has 0 saturated carbocycles. The van der Waals surface area contributed by atoms with E-state index >= 15 is 0 Å². The van der Waals surface area contributed by atoms with Crippen LogP contribution in [0.15, 0.2) is 72.8 Å². The van der Waals surface area contributed by atoms with Gasteiger partial charge in [0.2, 0.25) is 0 Å². The van der Waals surface area contributed by atoms with Crippen LogP contribution in [0.5, 0.6) is 5.75 Å². The van der Waals surface area contributed by atoms with E-state index in [1.54, 1.807) is 29.3 Å². The highest BCUT2D eigenvalue weighted by Crippen LogP contribution is 2.42. The molecule has 3 aromatic rings. The summed E-state index contributed by atoms with van der Waals surface area (Å²) in [5, 5.41) is 1.63. The van der Waals surface area contributed by atoms with Crippen molar-refractivity contribution in [1.82, 2.24) is 9.96 Å². The third-order valence-electron chi connectivity index (χ3n) is 7.10. The van der Waals surface area contributed by atoms with E-state index in [1.807, 2.05) is 6.92 Å². The van der Waals surface area contributed by atoms with Crippen LogP contribution in [-0.2, 0) is 11.7 Å². The molecule has 0 amide bonds. The Kier molecular flexibility index (Phi) is 8.19. The van der Waals surface area contributed by atoms with Gasteiger partial charge in [-0.25, -0.2) is 8.78 Å². The van der Waals surface area contributed by atoms with Gasteiger partial charge >= 0.3 is 6.18 Å². The fraction of sp³-hybridized carbons (Fsp3) is 0.379. The molecule has 0 spiro atoms. The zero-order valence-corrected chi connectivity index (χ0v) is 20.9. The molecule has 0 aliphatic carbocycles. The molecule has 1 fully saturated rings. The lowest BCUT2D eigenvalue weighted by Crippen LogP contribution is -2.60. The second kappa shape index (κ2) is 11.2. The Balaban J connectivity index is 1.70. The Morgan fingerprint density at radius 2 is 1.38 bits per heavy atom. The smallest absolute Gasteiger partial charge is 0.405 e. The SMILES string of the molecule is CCCC(c1ccc(F)cc1)(c1ccc(F)cc1)N1CCN(Oc2ccccc2C(F)(F)F)C(CC)C1. The van der Waals surface area contributed by atoms with Crippen LogP contribution in [0.1, 0.15) is 49.8 Å². The molecule has 37 heavy (non-hydrogen) atoms. The van der Waals surface area contributed by atoms with Gasteiger partial charge in [-0.15, -0.1) is 5.06 Å². The van der Waals surface area contributed by atoms with Gasteiger partial charge in [-0.2, -0.15) is 13.2 Å². The molecule has 1 aliphatic heterocycles. The van der Waals surface area contributed by atoms with Crippen molar-refractivity contribution in [2.45, 2.75) is 50.9 Å². The molecule has 1 atom stereocenters. The summed E-state index contributed by atoms with van der Waals surface area (Å²) in [6.45, 7) is 5.38. The Bertz CT molecular complexity index is 1120. The standard InChI is InChI=1S/C29H31F5N2O/c1-3-17-28(21-9-13-23(30)14-10-21,22-11-15-24(31)16-12-22)35-18-19-36(25(4-2)20-35)37-27-8-6-5-7-26(27)29(32,33)34/h5-16,25H,3-4,17-20H2,1-2H3. The topological polar surface area (TPSA) is 15.7 Å². The third-order valence-corrected chi connectivity index (χ3v) is 7.10. The summed E-state index contributed by atoms with van der Waals surface area (Å²) in [5.74, 6) is -0.915. The average Bonchev–Trinajstić information content (AvgIpc) is 2.88. The molecular weight excluding hydrogens is 487 g/mol. The fourth-order valence-corrected chi connectivity index (χ4v) is 5.34. The van der Waals surface area contributed by atoms with Crippen molar-refractivity contribution in [3.05, 3.63) is 101 Å². The number of hydrogen-bond donors (Lipinski definition) is 0. The number of alkyl halides is 3. The Morgan fingerprint density at radius 3 is 1.89 bits per heavy atom. The van der Waals surface area contributed by atoms with Crippen molar-refractivity contribution < 1.29 is 26.8 Å². The lowest BCUT2D eigenvalue weighted by atomic mass is 9.77. The molecule has 0 N–H and O–H groups in total. The molecule has 1 heterocycles. The molecular formula is C29H31F5N2O. The molecule has 4 rings (SSSR count). The van der Waals surface area contributed by atoms with Crippen molar-refractivity contribution >= 4 is 0 Å². The van der Waals surface area contributed by atoms with E-state index < -0.39 is 17.3 Å². The maximum Gasteiger partial charge on any atom is 0.420 e. The van der Waals surface area contributed by atoms with E-state index in [0.29, 0.717) is 32.5 Å². The van der Waals surface area contributed by atoms with Crippen LogP contribution in [-0.4, -0.2) is 35.6 Å². The van der Waals surface area contributed by atoms with Crippen LogP contribution in [0.4, 0.5) is 22.0 Å². The normalized spacial score (nSPS) is 17.6. The molecule has 198 valence electrons. The summed E-state index contributed by atoms with van der Waals surface area (Å²) in [7, 11) is 0. The molecule has 1 unspecified atom stereocenters. The number of nitrogens with zero attached hydrogens (tertiary/aromatic N) is 2. The lowest BCUT2D eigenvalue weighted by Gasteiger charge is -2.51. The van der Waals surface area contributed by atoms with Gasteiger partial charge in [-0.1, -0.05) is 56.7 Å². The second-order valence-electron chi connectivity index (χ2n) is 9.36. The quantitative estimate of drug-likeness (QED) is 0.289. The number of hydrogen-bond acceptors (Lipinski definition) is 3. The van der Waals surface area contributed by atoms with Crippen molar-refractivity contribution in [2.24, 2.45) is 0 Å². The van der Waals surface area contributed by atoms with Gasteiger partial charge in [0, 0.05) is 19.6 Å². The minimum absolute atomic E-state index is 0.202. The first-order chi connectivity index (χ1) is 17.7. The monoisotopic (exact) mass is 518 g/mol. The van der Waals surface area contributed by atoms with Gasteiger partial charge in [0.25, 0.3) is 0 Å². The summed E-state index contributed by atoms with van der Waals surface area (Å²) in [5.41, 5.74) is 0.285. The Labute approximate surface area is 214 Å². The van der Waals surface area contributed by atoms with Crippen molar-refractivity contribution in [2.75, 3.05) is 19.6 Å². The minimum Gasteiger partial charge on any atom is -0.405 e. The first kappa shape index (κ1) is 27.1. The van der Waals surface area contributed by atoms with E-state index in [-0.39, 0.29) is 23.4 Å². The van der Waals surface area contributed by atoms with Crippen LogP contribution in [0.3, 0.4) is 0 Å². The highest BCUT2D eigenvalue weighted by atomic mass is 19.4. The Hall–Kier alpha value is -2.97. The van der Waals surface area contributed by atoms with Gasteiger partial charge in [0.15, 0.2) is 5.75 Å². The molecule has 3 aromatic carbocycles. The summed E-state index contributed by atoms with van der Waals surface area (Å²) < 4.78 is 68.4. The van der Waals surface area contributed by atoms with Crippen LogP contribution >= 0.6 is 0 Å². The maximum atomic E-state index is 13.9. The number of benzene rings is 3. The largest absolute Gasteiger partial charge is 0.420 e. The van der Waals surface area contributed by atoms with Crippen LogP contribution in [0.2, 0.25) is 0 Å². The minimum atomic E-state index is -4.53. The van der Waals surface area contributed by atoms with E-state index in [9.17, 15) is 22.0 Å². The lowest BCUT2D eigenvalue weighted by molar-refractivity contribution is -0.159. The molecule has 3 nitrogen and oxygen atoms in total. The number of hydroxylamine groups is 2. The predicted molar refractivity (Wildman–Crippen MR) is 133 cm³/mol. The van der Waals surface area contributed by atoms with E-state index in [0.717, 1.165) is 23.6 Å². The molecule has 8 heteroatoms. The van der Waals surface area contributed by atoms with Gasteiger partial charge in [-0.3, -0.25) is 4.90 Å². The Morgan fingerprint density at radius 1 is 0.811 bits per heavy atom. The van der Waals surface area contributed by atoms with Crippen LogP contribution < -0.4 is 4.84 Å². The van der Waals surface area contributed by atoms with Gasteiger partial charge in [-0.05, 0) is 60.4 Å². The summed E-state index contributed by atoms with van der Waals surface area (Å²) in [6, 6.07) is 17.8. The zero-order valence-electron chi connectivity index (χ0n) is 20.9. The number of halogens is 5. The summed E-state index contributed by atoms with van der Waals surface area (Å²) >= 11 is 0. The number of piperazine rings is 1. The molecule has 0 bridgehead atoms. The molecule has 1 saturated heterocycles. The second-order valence-corrected chi connectivity index (χ2v) is 9.36.